The second kappa shape index (κ2) is 51.4. The zero-order valence-corrected chi connectivity index (χ0v) is 51.2. The average molecular weight is 1090 g/mol. The molecule has 0 aliphatic carbocycles. The Kier molecular flexibility index (Phi) is 46.4. The predicted molar refractivity (Wildman–Crippen MR) is 333 cm³/mol. The van der Waals surface area contributed by atoms with Crippen molar-refractivity contribution >= 4 is 24.0 Å². The molecular formula is C66H122N8O4. The van der Waals surface area contributed by atoms with Gasteiger partial charge in [-0.05, 0) is 50.4 Å². The minimum absolute atomic E-state index is 0.225. The molecule has 12 heteroatoms. The number of nitrogens with zero attached hydrogens (tertiary/aromatic N) is 2. The number of aryl methyl sites for hydroxylation is 2. The minimum atomic E-state index is -0.313. The fourth-order valence-electron chi connectivity index (χ4n) is 11.4. The van der Waals surface area contributed by atoms with Crippen LogP contribution in [0.2, 0.25) is 0 Å². The number of aromatic amines is 2. The Bertz CT molecular complexity index is 1690. The topological polar surface area (TPSA) is 174 Å². The number of nitrogens with one attached hydrogen (secondary N) is 6. The van der Waals surface area contributed by atoms with Crippen LogP contribution >= 0.6 is 0 Å². The molecular weight excluding hydrogens is 969 g/mol. The summed E-state index contributed by atoms with van der Waals surface area (Å²) in [5.74, 6) is 2.12. The van der Waals surface area contributed by atoms with Gasteiger partial charge in [-0.15, -0.1) is 0 Å². The van der Waals surface area contributed by atoms with Gasteiger partial charge in [-0.3, -0.25) is 30.2 Å². The SMILES string of the molecule is CCCCCCCCCCC(CCCCCCCCNC(=O)Nc1nc(CCCCCCCCC)cc(=O)[nH]1)C(CCCCCCCCCC)CCCCCCCCNC(=O)Nc1nc(CCCCCCCCC)cc(=O)[nH]1. The van der Waals surface area contributed by atoms with E-state index in [0.29, 0.717) is 13.1 Å². The zero-order valence-electron chi connectivity index (χ0n) is 51.2. The quantitative estimate of drug-likeness (QED) is 0.0360. The van der Waals surface area contributed by atoms with E-state index in [0.717, 1.165) is 87.4 Å². The van der Waals surface area contributed by atoms with Crippen LogP contribution in [-0.4, -0.2) is 45.1 Å². The average Bonchev–Trinajstić information content (AvgIpc) is 3.42. The molecule has 2 aromatic rings. The number of hydrogen-bond donors (Lipinski definition) is 6. The van der Waals surface area contributed by atoms with Crippen molar-refractivity contribution in [3.8, 4) is 0 Å². The van der Waals surface area contributed by atoms with Crippen molar-refractivity contribution in [2.45, 2.75) is 336 Å². The maximum atomic E-state index is 12.7. The highest BCUT2D eigenvalue weighted by atomic mass is 16.2. The van der Waals surface area contributed by atoms with Crippen molar-refractivity contribution < 1.29 is 9.59 Å². The van der Waals surface area contributed by atoms with Gasteiger partial charge in [0.1, 0.15) is 0 Å². The fraction of sp³-hybridized carbons (Fsp3) is 0.848. The lowest BCUT2D eigenvalue weighted by Gasteiger charge is -2.28. The maximum Gasteiger partial charge on any atom is 0.321 e. The van der Waals surface area contributed by atoms with Gasteiger partial charge >= 0.3 is 12.1 Å². The van der Waals surface area contributed by atoms with Crippen LogP contribution in [0.5, 0.6) is 0 Å². The highest BCUT2D eigenvalue weighted by Crippen LogP contribution is 2.34. The molecule has 6 N–H and O–H groups in total. The van der Waals surface area contributed by atoms with Gasteiger partial charge in [0.25, 0.3) is 11.1 Å². The summed E-state index contributed by atoms with van der Waals surface area (Å²) in [5, 5.41) is 11.5. The summed E-state index contributed by atoms with van der Waals surface area (Å²) >= 11 is 0. The molecule has 78 heavy (non-hydrogen) atoms. The second-order valence-electron chi connectivity index (χ2n) is 23.5. The lowest BCUT2D eigenvalue weighted by atomic mass is 9.78. The number of aromatic nitrogens is 4. The van der Waals surface area contributed by atoms with Gasteiger partial charge in [0.05, 0.1) is 0 Å². The minimum Gasteiger partial charge on any atom is -0.338 e. The third-order valence-electron chi connectivity index (χ3n) is 16.2. The van der Waals surface area contributed by atoms with E-state index in [1.165, 1.54) is 244 Å². The van der Waals surface area contributed by atoms with Crippen molar-refractivity contribution in [1.29, 1.82) is 0 Å². The lowest BCUT2D eigenvalue weighted by Crippen LogP contribution is -2.31. The third kappa shape index (κ3) is 41.3. The van der Waals surface area contributed by atoms with Crippen LogP contribution in [0.4, 0.5) is 21.5 Å². The monoisotopic (exact) mass is 1090 g/mol. The van der Waals surface area contributed by atoms with Crippen LogP contribution in [0.15, 0.2) is 21.7 Å². The number of anilines is 2. The van der Waals surface area contributed by atoms with Gasteiger partial charge < -0.3 is 10.6 Å². The highest BCUT2D eigenvalue weighted by molar-refractivity contribution is 5.87. The zero-order chi connectivity index (χ0) is 56.2. The number of carbonyl (C=O) groups excluding carboxylic acids is 2. The Morgan fingerprint density at radius 2 is 0.603 bits per heavy atom. The first-order chi connectivity index (χ1) is 38.3. The molecule has 0 saturated carbocycles. The van der Waals surface area contributed by atoms with E-state index in [2.05, 4.69) is 68.9 Å². The maximum absolute atomic E-state index is 12.7. The summed E-state index contributed by atoms with van der Waals surface area (Å²) < 4.78 is 0. The largest absolute Gasteiger partial charge is 0.338 e. The smallest absolute Gasteiger partial charge is 0.321 e. The van der Waals surface area contributed by atoms with E-state index in [1.807, 2.05) is 0 Å². The summed E-state index contributed by atoms with van der Waals surface area (Å²) in [4.78, 5) is 64.3. The van der Waals surface area contributed by atoms with Crippen LogP contribution in [-0.2, 0) is 12.8 Å². The van der Waals surface area contributed by atoms with Gasteiger partial charge in [0.15, 0.2) is 0 Å². The molecule has 0 saturated heterocycles. The molecule has 2 unspecified atom stereocenters. The van der Waals surface area contributed by atoms with Crippen LogP contribution < -0.4 is 32.4 Å². The van der Waals surface area contributed by atoms with E-state index in [-0.39, 0.29) is 35.1 Å². The van der Waals surface area contributed by atoms with Crippen LogP contribution in [0.1, 0.15) is 334 Å². The first kappa shape index (κ1) is 70.4. The van der Waals surface area contributed by atoms with Gasteiger partial charge in [-0.25, -0.2) is 19.6 Å². The Hall–Kier alpha value is -3.70. The summed E-state index contributed by atoms with van der Waals surface area (Å²) in [6, 6.07) is 2.48. The Balaban J connectivity index is 1.80. The molecule has 0 aliphatic heterocycles. The molecule has 12 nitrogen and oxygen atoms in total. The first-order valence-electron chi connectivity index (χ1n) is 33.6. The molecule has 0 fully saturated rings. The molecule has 0 spiro atoms. The summed E-state index contributed by atoms with van der Waals surface area (Å²) in [6.45, 7) is 10.3. The lowest BCUT2D eigenvalue weighted by molar-refractivity contribution is 0.236. The van der Waals surface area contributed by atoms with E-state index < -0.39 is 0 Å². The van der Waals surface area contributed by atoms with Crippen molar-refractivity contribution in [1.82, 2.24) is 30.6 Å². The van der Waals surface area contributed by atoms with Crippen LogP contribution in [0, 0.1) is 11.8 Å². The first-order valence-corrected chi connectivity index (χ1v) is 33.6. The van der Waals surface area contributed by atoms with E-state index in [9.17, 15) is 19.2 Å². The summed E-state index contributed by atoms with van der Waals surface area (Å²) in [6.07, 6.45) is 60.3. The molecule has 0 radical (unpaired) electrons. The summed E-state index contributed by atoms with van der Waals surface area (Å²) in [5.41, 5.74) is 1.02. The normalized spacial score (nSPS) is 12.2. The van der Waals surface area contributed by atoms with Gasteiger partial charge in [-0.1, -0.05) is 297 Å². The number of hydrogen-bond acceptors (Lipinski definition) is 6. The number of amides is 4. The van der Waals surface area contributed by atoms with Crippen molar-refractivity contribution in [3.05, 3.63) is 44.2 Å². The highest BCUT2D eigenvalue weighted by Gasteiger charge is 2.21. The van der Waals surface area contributed by atoms with E-state index in [4.69, 9.17) is 0 Å². The van der Waals surface area contributed by atoms with Crippen molar-refractivity contribution in [3.63, 3.8) is 0 Å². The number of rotatable bonds is 55. The van der Waals surface area contributed by atoms with Gasteiger partial charge in [0, 0.05) is 36.6 Å². The van der Waals surface area contributed by atoms with Crippen molar-refractivity contribution in [2.24, 2.45) is 11.8 Å². The molecule has 4 amide bonds. The van der Waals surface area contributed by atoms with E-state index in [1.54, 1.807) is 12.1 Å². The standard InChI is InChI=1S/C66H122N8O4/c1-5-9-13-17-21-25-31-39-47-57(49-41-33-27-29-37-45-53-67-65(77)73-63-69-59(55-61(75)71-63)51-43-35-23-19-15-11-7-3)58(48-40-32-26-22-18-14-10-6-2)50-42-34-28-30-38-46-54-68-66(78)74-64-70-60(56-62(76)72-64)52-44-36-24-20-16-12-8-4/h55-58H,5-54H2,1-4H3,(H3,67,69,71,73,75,77)(H3,68,70,72,74,76,78). The number of carbonyl (C=O) groups is 2. The van der Waals surface area contributed by atoms with E-state index >= 15 is 0 Å². The van der Waals surface area contributed by atoms with Crippen LogP contribution in [0.25, 0.3) is 0 Å². The van der Waals surface area contributed by atoms with Crippen LogP contribution in [0.3, 0.4) is 0 Å². The summed E-state index contributed by atoms with van der Waals surface area (Å²) in [7, 11) is 0. The molecule has 2 atom stereocenters. The predicted octanol–water partition coefficient (Wildman–Crippen LogP) is 19.1. The molecule has 2 rings (SSSR count). The Morgan fingerprint density at radius 1 is 0.359 bits per heavy atom. The number of H-pyrrole nitrogens is 2. The molecule has 0 aromatic carbocycles. The second-order valence-corrected chi connectivity index (χ2v) is 23.5. The third-order valence-corrected chi connectivity index (χ3v) is 16.2. The van der Waals surface area contributed by atoms with Gasteiger partial charge in [0.2, 0.25) is 11.9 Å². The van der Waals surface area contributed by atoms with Gasteiger partial charge in [-0.2, -0.15) is 0 Å². The molecule has 0 bridgehead atoms. The van der Waals surface area contributed by atoms with Crippen molar-refractivity contribution in [2.75, 3.05) is 23.7 Å². The molecule has 450 valence electrons. The number of unbranched alkanes of at least 4 members (excludes halogenated alkanes) is 36. The number of urea groups is 2. The Labute approximate surface area is 477 Å². The molecule has 0 aliphatic rings. The molecule has 2 aromatic heterocycles. The molecule has 2 heterocycles. The fourth-order valence-corrected chi connectivity index (χ4v) is 11.4. The Morgan fingerprint density at radius 3 is 0.885 bits per heavy atom.